The number of hydrogen-bond donors (Lipinski definition) is 1. The largest absolute Gasteiger partial charge is 0.497 e. The molecule has 1 saturated heterocycles. The number of carbonyl (C=O) groups is 1. The minimum atomic E-state index is 0.149. The zero-order valence-electron chi connectivity index (χ0n) is 13.0. The topological polar surface area (TPSA) is 50.8 Å². The molecule has 1 aliphatic heterocycles. The van der Waals surface area contributed by atoms with Gasteiger partial charge in [0.25, 0.3) is 0 Å². The first-order valence-electron chi connectivity index (χ1n) is 7.34. The first-order valence-corrected chi connectivity index (χ1v) is 7.34. The summed E-state index contributed by atoms with van der Waals surface area (Å²) in [4.78, 5) is 14.4. The fourth-order valence-electron chi connectivity index (χ4n) is 2.71. The van der Waals surface area contributed by atoms with Crippen molar-refractivity contribution in [3.63, 3.8) is 0 Å². The van der Waals surface area contributed by atoms with Gasteiger partial charge in [-0.05, 0) is 38.1 Å². The molecule has 0 radical (unpaired) electrons. The maximum absolute atomic E-state index is 12.4. The van der Waals surface area contributed by atoms with E-state index in [1.807, 2.05) is 30.1 Å². The predicted molar refractivity (Wildman–Crippen MR) is 81.9 cm³/mol. The van der Waals surface area contributed by atoms with Crippen LogP contribution in [-0.4, -0.2) is 51.2 Å². The van der Waals surface area contributed by atoms with Crippen molar-refractivity contribution < 1.29 is 14.3 Å². The van der Waals surface area contributed by atoms with Gasteiger partial charge in [-0.1, -0.05) is 0 Å². The van der Waals surface area contributed by atoms with E-state index >= 15 is 0 Å². The lowest BCUT2D eigenvalue weighted by atomic mass is 10.0. The Balaban J connectivity index is 2.02. The molecule has 0 atom stereocenters. The SMILES string of the molecule is CNC1CCN(C(=O)Cc2cc(OC)ccc2OC)CC1. The number of likely N-dealkylation sites (tertiary alicyclic amines) is 1. The van der Waals surface area contributed by atoms with Crippen molar-refractivity contribution >= 4 is 5.91 Å². The van der Waals surface area contributed by atoms with Gasteiger partial charge in [0.15, 0.2) is 0 Å². The van der Waals surface area contributed by atoms with E-state index in [0.29, 0.717) is 12.5 Å². The first-order chi connectivity index (χ1) is 10.2. The van der Waals surface area contributed by atoms with Crippen molar-refractivity contribution in [2.24, 2.45) is 0 Å². The van der Waals surface area contributed by atoms with Crippen molar-refractivity contribution in [2.75, 3.05) is 34.4 Å². The molecule has 1 aromatic rings. The normalized spacial score (nSPS) is 15.9. The number of nitrogens with zero attached hydrogens (tertiary/aromatic N) is 1. The molecular formula is C16H24N2O3. The highest BCUT2D eigenvalue weighted by molar-refractivity contribution is 5.79. The molecule has 0 aromatic heterocycles. The number of methoxy groups -OCH3 is 2. The molecule has 1 heterocycles. The summed E-state index contributed by atoms with van der Waals surface area (Å²) < 4.78 is 10.6. The number of benzene rings is 1. The van der Waals surface area contributed by atoms with Crippen molar-refractivity contribution in [1.82, 2.24) is 10.2 Å². The number of nitrogens with one attached hydrogen (secondary N) is 1. The fourth-order valence-corrected chi connectivity index (χ4v) is 2.71. The lowest BCUT2D eigenvalue weighted by Crippen LogP contribution is -2.44. The van der Waals surface area contributed by atoms with Crippen LogP contribution in [0.15, 0.2) is 18.2 Å². The van der Waals surface area contributed by atoms with E-state index in [1.165, 1.54) is 0 Å². The van der Waals surface area contributed by atoms with E-state index in [9.17, 15) is 4.79 Å². The van der Waals surface area contributed by atoms with Crippen LogP contribution in [0.2, 0.25) is 0 Å². The quantitative estimate of drug-likeness (QED) is 0.892. The molecule has 1 amide bonds. The summed E-state index contributed by atoms with van der Waals surface area (Å²) in [5, 5.41) is 3.27. The molecule has 1 aromatic carbocycles. The van der Waals surface area contributed by atoms with Gasteiger partial charge in [-0.3, -0.25) is 4.79 Å². The summed E-state index contributed by atoms with van der Waals surface area (Å²) in [5.41, 5.74) is 0.873. The third-order valence-corrected chi connectivity index (χ3v) is 4.09. The number of carbonyl (C=O) groups excluding carboxylic acids is 1. The molecule has 5 heteroatoms. The van der Waals surface area contributed by atoms with Gasteiger partial charge in [-0.15, -0.1) is 0 Å². The molecule has 0 bridgehead atoms. The van der Waals surface area contributed by atoms with Crippen molar-refractivity contribution in [3.05, 3.63) is 23.8 Å². The highest BCUT2D eigenvalue weighted by Gasteiger charge is 2.22. The molecule has 116 valence electrons. The van der Waals surface area contributed by atoms with Gasteiger partial charge in [0.05, 0.1) is 20.6 Å². The highest BCUT2D eigenvalue weighted by atomic mass is 16.5. The van der Waals surface area contributed by atoms with Crippen LogP contribution in [0.3, 0.4) is 0 Å². The van der Waals surface area contributed by atoms with Crippen molar-refractivity contribution in [3.8, 4) is 11.5 Å². The Morgan fingerprint density at radius 1 is 1.29 bits per heavy atom. The smallest absolute Gasteiger partial charge is 0.227 e. The fraction of sp³-hybridized carbons (Fsp3) is 0.562. The summed E-state index contributed by atoms with van der Waals surface area (Å²) >= 11 is 0. The summed E-state index contributed by atoms with van der Waals surface area (Å²) in [7, 11) is 5.22. The molecule has 1 aliphatic rings. The van der Waals surface area contributed by atoms with Crippen LogP contribution >= 0.6 is 0 Å². The predicted octanol–water partition coefficient (Wildman–Crippen LogP) is 1.46. The third-order valence-electron chi connectivity index (χ3n) is 4.09. The standard InChI is InChI=1S/C16H24N2O3/c1-17-13-6-8-18(9-7-13)16(19)11-12-10-14(20-2)4-5-15(12)21-3/h4-5,10,13,17H,6-9,11H2,1-3H3. The average Bonchev–Trinajstić information content (AvgIpc) is 2.54. The maximum atomic E-state index is 12.4. The zero-order chi connectivity index (χ0) is 15.2. The van der Waals surface area contributed by atoms with Gasteiger partial charge in [-0.25, -0.2) is 0 Å². The van der Waals surface area contributed by atoms with Crippen LogP contribution in [-0.2, 0) is 11.2 Å². The van der Waals surface area contributed by atoms with Crippen molar-refractivity contribution in [2.45, 2.75) is 25.3 Å². The molecule has 0 aliphatic carbocycles. The molecule has 0 saturated carbocycles. The molecular weight excluding hydrogens is 268 g/mol. The number of piperidine rings is 1. The maximum Gasteiger partial charge on any atom is 0.227 e. The van der Waals surface area contributed by atoms with Gasteiger partial charge in [0.2, 0.25) is 5.91 Å². The Morgan fingerprint density at radius 3 is 2.57 bits per heavy atom. The molecule has 0 spiro atoms. The molecule has 5 nitrogen and oxygen atoms in total. The lowest BCUT2D eigenvalue weighted by molar-refractivity contribution is -0.131. The number of amides is 1. The Labute approximate surface area is 126 Å². The number of rotatable bonds is 5. The molecule has 2 rings (SSSR count). The summed E-state index contributed by atoms with van der Waals surface area (Å²) in [6.45, 7) is 1.63. The second-order valence-electron chi connectivity index (χ2n) is 5.30. The van der Waals surface area contributed by atoms with Gasteiger partial charge >= 0.3 is 0 Å². The summed E-state index contributed by atoms with van der Waals surface area (Å²) in [5.74, 6) is 1.62. The first kappa shape index (κ1) is 15.6. The summed E-state index contributed by atoms with van der Waals surface area (Å²) in [6.07, 6.45) is 2.37. The third kappa shape index (κ3) is 3.88. The minimum absolute atomic E-state index is 0.149. The Hall–Kier alpha value is -1.75. The van der Waals surface area contributed by atoms with E-state index < -0.39 is 0 Å². The molecule has 0 unspecified atom stereocenters. The van der Waals surface area contributed by atoms with Gasteiger partial charge < -0.3 is 19.7 Å². The van der Waals surface area contributed by atoms with Crippen LogP contribution in [0.1, 0.15) is 18.4 Å². The van der Waals surface area contributed by atoms with Crippen LogP contribution < -0.4 is 14.8 Å². The Morgan fingerprint density at radius 2 is 2.00 bits per heavy atom. The van der Waals surface area contributed by atoms with Gasteiger partial charge in [0, 0.05) is 24.7 Å². The monoisotopic (exact) mass is 292 g/mol. The van der Waals surface area contributed by atoms with Crippen LogP contribution in [0.5, 0.6) is 11.5 Å². The molecule has 1 fully saturated rings. The minimum Gasteiger partial charge on any atom is -0.497 e. The Bertz CT molecular complexity index is 482. The second-order valence-corrected chi connectivity index (χ2v) is 5.30. The number of ether oxygens (including phenoxy) is 2. The van der Waals surface area contributed by atoms with Crippen molar-refractivity contribution in [1.29, 1.82) is 0 Å². The average molecular weight is 292 g/mol. The Kier molecular flexibility index (Phi) is 5.44. The van der Waals surface area contributed by atoms with Crippen LogP contribution in [0, 0.1) is 0 Å². The van der Waals surface area contributed by atoms with E-state index in [4.69, 9.17) is 9.47 Å². The van der Waals surface area contributed by atoms with E-state index in [0.717, 1.165) is 43.0 Å². The van der Waals surface area contributed by atoms with Crippen LogP contribution in [0.4, 0.5) is 0 Å². The zero-order valence-corrected chi connectivity index (χ0v) is 13.0. The van der Waals surface area contributed by atoms with Gasteiger partial charge in [-0.2, -0.15) is 0 Å². The second kappa shape index (κ2) is 7.31. The summed E-state index contributed by atoms with van der Waals surface area (Å²) in [6, 6.07) is 6.08. The number of hydrogen-bond acceptors (Lipinski definition) is 4. The van der Waals surface area contributed by atoms with E-state index in [-0.39, 0.29) is 5.91 Å². The van der Waals surface area contributed by atoms with E-state index in [2.05, 4.69) is 5.32 Å². The highest BCUT2D eigenvalue weighted by Crippen LogP contribution is 2.25. The van der Waals surface area contributed by atoms with Gasteiger partial charge in [0.1, 0.15) is 11.5 Å². The molecule has 1 N–H and O–H groups in total. The van der Waals surface area contributed by atoms with Crippen LogP contribution in [0.25, 0.3) is 0 Å². The molecule has 21 heavy (non-hydrogen) atoms. The lowest BCUT2D eigenvalue weighted by Gasteiger charge is -2.32. The van der Waals surface area contributed by atoms with E-state index in [1.54, 1.807) is 14.2 Å².